The summed E-state index contributed by atoms with van der Waals surface area (Å²) in [5.41, 5.74) is 5.52. The number of aromatic amines is 1. The van der Waals surface area contributed by atoms with Gasteiger partial charge in [-0.05, 0) is 42.8 Å². The summed E-state index contributed by atoms with van der Waals surface area (Å²) < 4.78 is 4.69. The summed E-state index contributed by atoms with van der Waals surface area (Å²) in [6.07, 6.45) is 1.90. The molecule has 0 aliphatic carbocycles. The molecule has 20 heavy (non-hydrogen) atoms. The van der Waals surface area contributed by atoms with Gasteiger partial charge in [-0.3, -0.25) is 4.57 Å². The van der Waals surface area contributed by atoms with Crippen LogP contribution in [0.4, 0.5) is 0 Å². The molecule has 104 valence electrons. The van der Waals surface area contributed by atoms with Crippen LogP contribution in [-0.2, 0) is 19.9 Å². The molecule has 0 fully saturated rings. The van der Waals surface area contributed by atoms with Gasteiger partial charge >= 0.3 is 0 Å². The van der Waals surface area contributed by atoms with E-state index in [1.54, 1.807) is 0 Å². The van der Waals surface area contributed by atoms with Crippen LogP contribution < -0.4 is 0 Å². The molecule has 2 aromatic heterocycles. The van der Waals surface area contributed by atoms with E-state index in [0.717, 1.165) is 40.2 Å². The van der Waals surface area contributed by atoms with Crippen molar-refractivity contribution in [1.29, 1.82) is 0 Å². The molecule has 2 heterocycles. The molecule has 1 N–H and O–H groups in total. The number of aromatic nitrogens is 4. The van der Waals surface area contributed by atoms with Crippen LogP contribution in [0.1, 0.15) is 25.1 Å². The predicted octanol–water partition coefficient (Wildman–Crippen LogP) is 3.55. The molecule has 0 unspecified atom stereocenters. The molecule has 0 radical (unpaired) electrons. The number of rotatable bonds is 3. The first-order valence-corrected chi connectivity index (χ1v) is 7.32. The lowest BCUT2D eigenvalue weighted by atomic mass is 10.1. The summed E-state index contributed by atoms with van der Waals surface area (Å²) >= 11 is 5.50. The minimum Gasteiger partial charge on any atom is -0.327 e. The molecule has 0 atom stereocenters. The highest BCUT2D eigenvalue weighted by atomic mass is 32.1. The van der Waals surface area contributed by atoms with Crippen molar-refractivity contribution < 1.29 is 0 Å². The smallest absolute Gasteiger partial charge is 0.184 e. The molecule has 4 nitrogen and oxygen atoms in total. The monoisotopic (exact) mass is 286 g/mol. The van der Waals surface area contributed by atoms with E-state index in [1.165, 1.54) is 5.56 Å². The molecule has 3 aromatic rings. The topological polar surface area (TPSA) is 38.5 Å². The van der Waals surface area contributed by atoms with Crippen LogP contribution in [0.25, 0.3) is 16.9 Å². The number of fused-ring (bicyclic) bond motifs is 1. The van der Waals surface area contributed by atoms with Crippen LogP contribution >= 0.6 is 12.2 Å². The van der Waals surface area contributed by atoms with E-state index in [2.05, 4.69) is 52.8 Å². The summed E-state index contributed by atoms with van der Waals surface area (Å²) in [6, 6.07) is 8.48. The largest absolute Gasteiger partial charge is 0.327 e. The predicted molar refractivity (Wildman–Crippen MR) is 84.0 cm³/mol. The van der Waals surface area contributed by atoms with E-state index in [-0.39, 0.29) is 0 Å². The van der Waals surface area contributed by atoms with Gasteiger partial charge in [0.2, 0.25) is 0 Å². The SMILES string of the molecule is CCc1cccc(-n2c(=S)[nH]c3c(CC)nn(C)c32)c1. The van der Waals surface area contributed by atoms with Gasteiger partial charge < -0.3 is 4.98 Å². The molecule has 0 bridgehead atoms. The highest BCUT2D eigenvalue weighted by molar-refractivity contribution is 7.71. The molecule has 0 saturated carbocycles. The van der Waals surface area contributed by atoms with Crippen molar-refractivity contribution in [2.45, 2.75) is 26.7 Å². The molecule has 3 rings (SSSR count). The van der Waals surface area contributed by atoms with Crippen LogP contribution in [0.5, 0.6) is 0 Å². The maximum atomic E-state index is 5.50. The van der Waals surface area contributed by atoms with E-state index in [1.807, 2.05) is 11.7 Å². The van der Waals surface area contributed by atoms with Gasteiger partial charge in [0.25, 0.3) is 0 Å². The second kappa shape index (κ2) is 4.90. The van der Waals surface area contributed by atoms with Crippen LogP contribution in [0.15, 0.2) is 24.3 Å². The second-order valence-electron chi connectivity index (χ2n) is 4.91. The zero-order valence-corrected chi connectivity index (χ0v) is 12.8. The van der Waals surface area contributed by atoms with Gasteiger partial charge in [-0.15, -0.1) is 0 Å². The van der Waals surface area contributed by atoms with Crippen molar-refractivity contribution in [3.05, 3.63) is 40.3 Å². The van der Waals surface area contributed by atoms with E-state index >= 15 is 0 Å². The van der Waals surface area contributed by atoms with Gasteiger partial charge in [0.05, 0.1) is 11.4 Å². The van der Waals surface area contributed by atoms with Crippen LogP contribution in [-0.4, -0.2) is 19.3 Å². The Bertz CT molecular complexity index is 822. The zero-order valence-electron chi connectivity index (χ0n) is 12.0. The summed E-state index contributed by atoms with van der Waals surface area (Å²) in [6.45, 7) is 4.26. The molecular weight excluding hydrogens is 268 g/mol. The Morgan fingerprint density at radius 1 is 1.25 bits per heavy atom. The minimum absolute atomic E-state index is 0.718. The van der Waals surface area contributed by atoms with E-state index in [0.29, 0.717) is 0 Å². The molecule has 5 heteroatoms. The highest BCUT2D eigenvalue weighted by Crippen LogP contribution is 2.22. The Labute approximate surface area is 123 Å². The minimum atomic E-state index is 0.718. The highest BCUT2D eigenvalue weighted by Gasteiger charge is 2.15. The van der Waals surface area contributed by atoms with Crippen molar-refractivity contribution in [2.75, 3.05) is 0 Å². The number of imidazole rings is 1. The fraction of sp³-hybridized carbons (Fsp3) is 0.333. The Morgan fingerprint density at radius 3 is 2.75 bits per heavy atom. The molecular formula is C15H18N4S. The van der Waals surface area contributed by atoms with Crippen LogP contribution in [0.3, 0.4) is 0 Å². The number of nitrogens with zero attached hydrogens (tertiary/aromatic N) is 3. The van der Waals surface area contributed by atoms with Gasteiger partial charge in [0.15, 0.2) is 10.4 Å². The first kappa shape index (κ1) is 13.1. The van der Waals surface area contributed by atoms with Gasteiger partial charge in [-0.2, -0.15) is 5.10 Å². The fourth-order valence-electron chi connectivity index (χ4n) is 2.62. The van der Waals surface area contributed by atoms with Gasteiger partial charge in [0.1, 0.15) is 5.52 Å². The Morgan fingerprint density at radius 2 is 2.05 bits per heavy atom. The number of hydrogen-bond acceptors (Lipinski definition) is 2. The Balaban J connectivity index is 2.33. The standard InChI is InChI=1S/C15H18N4S/c1-4-10-7-6-8-11(9-10)19-14-13(16-15(19)20)12(5-2)17-18(14)3/h6-9H,4-5H2,1-3H3,(H,16,20). The maximum Gasteiger partial charge on any atom is 0.184 e. The molecule has 1 aromatic carbocycles. The molecule has 0 saturated heterocycles. The molecule has 0 amide bonds. The summed E-state index contributed by atoms with van der Waals surface area (Å²) in [4.78, 5) is 3.30. The lowest BCUT2D eigenvalue weighted by molar-refractivity contribution is 0.748. The lowest BCUT2D eigenvalue weighted by Gasteiger charge is -2.06. The molecule has 0 aliphatic heterocycles. The van der Waals surface area contributed by atoms with E-state index < -0.39 is 0 Å². The second-order valence-corrected chi connectivity index (χ2v) is 5.30. The van der Waals surface area contributed by atoms with Crippen molar-refractivity contribution >= 4 is 23.4 Å². The first-order chi connectivity index (χ1) is 9.65. The number of benzene rings is 1. The van der Waals surface area contributed by atoms with E-state index in [9.17, 15) is 0 Å². The van der Waals surface area contributed by atoms with Crippen molar-refractivity contribution in [2.24, 2.45) is 7.05 Å². The zero-order chi connectivity index (χ0) is 14.3. The third-order valence-corrected chi connectivity index (χ3v) is 3.93. The fourth-order valence-corrected chi connectivity index (χ4v) is 2.91. The summed E-state index contributed by atoms with van der Waals surface area (Å²) in [7, 11) is 1.96. The van der Waals surface area contributed by atoms with Crippen molar-refractivity contribution in [3.8, 4) is 5.69 Å². The Kier molecular flexibility index (Phi) is 3.22. The van der Waals surface area contributed by atoms with Crippen LogP contribution in [0.2, 0.25) is 0 Å². The number of nitrogens with one attached hydrogen (secondary N) is 1. The summed E-state index contributed by atoms with van der Waals surface area (Å²) in [5.74, 6) is 0. The normalized spacial score (nSPS) is 11.3. The lowest BCUT2D eigenvalue weighted by Crippen LogP contribution is -2.01. The maximum absolute atomic E-state index is 5.50. The molecule has 0 spiro atoms. The summed E-state index contributed by atoms with van der Waals surface area (Å²) in [5, 5.41) is 4.56. The third kappa shape index (κ3) is 1.89. The van der Waals surface area contributed by atoms with E-state index in [4.69, 9.17) is 12.2 Å². The van der Waals surface area contributed by atoms with Gasteiger partial charge in [0, 0.05) is 7.05 Å². The van der Waals surface area contributed by atoms with Crippen molar-refractivity contribution in [3.63, 3.8) is 0 Å². The Hall–Kier alpha value is -1.88. The average molecular weight is 286 g/mol. The van der Waals surface area contributed by atoms with Gasteiger partial charge in [-0.1, -0.05) is 26.0 Å². The third-order valence-electron chi connectivity index (χ3n) is 3.65. The van der Waals surface area contributed by atoms with Crippen molar-refractivity contribution in [1.82, 2.24) is 19.3 Å². The number of H-pyrrole nitrogens is 1. The molecule has 0 aliphatic rings. The van der Waals surface area contributed by atoms with Gasteiger partial charge in [-0.25, -0.2) is 4.68 Å². The van der Waals surface area contributed by atoms with Crippen LogP contribution in [0, 0.1) is 4.77 Å². The average Bonchev–Trinajstić information content (AvgIpc) is 2.95. The first-order valence-electron chi connectivity index (χ1n) is 6.91. The quantitative estimate of drug-likeness (QED) is 0.748. The number of aryl methyl sites for hydroxylation is 3. The number of hydrogen-bond donors (Lipinski definition) is 1.